The highest BCUT2D eigenvalue weighted by atomic mass is 16.2. The number of aromatic nitrogens is 2. The summed E-state index contributed by atoms with van der Waals surface area (Å²) in [4.78, 5) is 31.8. The topological polar surface area (TPSA) is 90.1 Å². The summed E-state index contributed by atoms with van der Waals surface area (Å²) >= 11 is 0. The summed E-state index contributed by atoms with van der Waals surface area (Å²) in [7, 11) is 1.52. The highest BCUT2D eigenvalue weighted by Gasteiger charge is 2.24. The first-order valence-electron chi connectivity index (χ1n) is 6.42. The fourth-order valence-electron chi connectivity index (χ4n) is 2.29. The lowest BCUT2D eigenvalue weighted by molar-refractivity contribution is -0.131. The molecule has 104 valence electrons. The number of aromatic amines is 1. The van der Waals surface area contributed by atoms with Crippen LogP contribution in [0.4, 0.5) is 4.79 Å². The minimum atomic E-state index is -0.333. The third-order valence-electron chi connectivity index (χ3n) is 3.43. The van der Waals surface area contributed by atoms with Crippen molar-refractivity contribution in [2.24, 2.45) is 0 Å². The van der Waals surface area contributed by atoms with E-state index < -0.39 is 0 Å². The van der Waals surface area contributed by atoms with Gasteiger partial charge in [0.2, 0.25) is 5.91 Å². The second-order valence-electron chi connectivity index (χ2n) is 4.59. The van der Waals surface area contributed by atoms with Crippen LogP contribution in [-0.4, -0.2) is 53.5 Å². The Bertz CT molecular complexity index is 423. The molecule has 1 saturated heterocycles. The molecular weight excluding hydrogens is 246 g/mol. The molecule has 0 atom stereocenters. The smallest absolute Gasteiger partial charge is 0.314 e. The quantitative estimate of drug-likeness (QED) is 0.721. The average Bonchev–Trinajstić information content (AvgIpc) is 2.98. The summed E-state index contributed by atoms with van der Waals surface area (Å²) in [6.07, 6.45) is 5.37. The molecule has 3 amide bonds. The minimum absolute atomic E-state index is 0.0355. The lowest BCUT2D eigenvalue weighted by Gasteiger charge is -2.31. The molecule has 0 aromatic carbocycles. The van der Waals surface area contributed by atoms with Crippen molar-refractivity contribution in [3.05, 3.63) is 18.2 Å². The van der Waals surface area contributed by atoms with Crippen LogP contribution in [0.1, 0.15) is 24.5 Å². The van der Waals surface area contributed by atoms with Gasteiger partial charge in [0.25, 0.3) is 0 Å². The molecule has 0 unspecified atom stereocenters. The fourth-order valence-corrected chi connectivity index (χ4v) is 2.29. The molecule has 3 N–H and O–H groups in total. The van der Waals surface area contributed by atoms with Crippen molar-refractivity contribution in [1.82, 2.24) is 25.5 Å². The first-order valence-corrected chi connectivity index (χ1v) is 6.42. The van der Waals surface area contributed by atoms with E-state index in [2.05, 4.69) is 20.6 Å². The lowest BCUT2D eigenvalue weighted by Crippen LogP contribution is -2.45. The number of hydrogen-bond donors (Lipinski definition) is 3. The Morgan fingerprint density at radius 3 is 2.79 bits per heavy atom. The number of imidazole rings is 1. The molecule has 0 radical (unpaired) electrons. The van der Waals surface area contributed by atoms with Crippen molar-refractivity contribution in [2.75, 3.05) is 26.7 Å². The molecule has 19 heavy (non-hydrogen) atoms. The zero-order chi connectivity index (χ0) is 13.7. The molecule has 0 saturated carbocycles. The van der Waals surface area contributed by atoms with Crippen molar-refractivity contribution < 1.29 is 9.59 Å². The second kappa shape index (κ2) is 6.21. The molecular formula is C12H19N5O2. The number of rotatable bonds is 3. The maximum absolute atomic E-state index is 11.9. The van der Waals surface area contributed by atoms with E-state index in [-0.39, 0.29) is 18.5 Å². The molecule has 1 aliphatic rings. The maximum Gasteiger partial charge on any atom is 0.314 e. The van der Waals surface area contributed by atoms with Crippen LogP contribution < -0.4 is 10.6 Å². The Kier molecular flexibility index (Phi) is 4.38. The van der Waals surface area contributed by atoms with Gasteiger partial charge in [-0.05, 0) is 12.8 Å². The number of hydrogen-bond acceptors (Lipinski definition) is 3. The van der Waals surface area contributed by atoms with Gasteiger partial charge in [0.15, 0.2) is 0 Å². The first kappa shape index (κ1) is 13.4. The van der Waals surface area contributed by atoms with Crippen LogP contribution in [-0.2, 0) is 4.79 Å². The van der Waals surface area contributed by atoms with Crippen molar-refractivity contribution in [1.29, 1.82) is 0 Å². The molecule has 1 fully saturated rings. The number of carbonyl (C=O) groups excluding carboxylic acids is 2. The molecule has 1 aromatic heterocycles. The van der Waals surface area contributed by atoms with E-state index in [0.717, 1.165) is 31.6 Å². The van der Waals surface area contributed by atoms with E-state index in [1.54, 1.807) is 11.2 Å². The number of nitrogens with zero attached hydrogens (tertiary/aromatic N) is 2. The van der Waals surface area contributed by atoms with Gasteiger partial charge in [-0.25, -0.2) is 9.78 Å². The number of amides is 3. The predicted molar refractivity (Wildman–Crippen MR) is 69.6 cm³/mol. The van der Waals surface area contributed by atoms with E-state index >= 15 is 0 Å². The van der Waals surface area contributed by atoms with E-state index in [1.165, 1.54) is 7.05 Å². The van der Waals surface area contributed by atoms with Crippen LogP contribution in [0, 0.1) is 0 Å². The lowest BCUT2D eigenvalue weighted by atomic mass is 9.94. The summed E-state index contributed by atoms with van der Waals surface area (Å²) in [5, 5.41) is 4.93. The summed E-state index contributed by atoms with van der Waals surface area (Å²) in [5.41, 5.74) is 1.13. The third-order valence-corrected chi connectivity index (χ3v) is 3.43. The molecule has 7 heteroatoms. The number of carbonyl (C=O) groups is 2. The van der Waals surface area contributed by atoms with E-state index in [9.17, 15) is 9.59 Å². The van der Waals surface area contributed by atoms with Crippen molar-refractivity contribution in [2.45, 2.75) is 18.8 Å². The molecule has 1 aromatic rings. The van der Waals surface area contributed by atoms with E-state index in [4.69, 9.17) is 0 Å². The van der Waals surface area contributed by atoms with Crippen LogP contribution in [0.15, 0.2) is 12.5 Å². The van der Waals surface area contributed by atoms with Gasteiger partial charge in [0, 0.05) is 37.9 Å². The molecule has 7 nitrogen and oxygen atoms in total. The second-order valence-corrected chi connectivity index (χ2v) is 4.59. The van der Waals surface area contributed by atoms with Crippen molar-refractivity contribution in [3.8, 4) is 0 Å². The van der Waals surface area contributed by atoms with Gasteiger partial charge in [-0.15, -0.1) is 0 Å². The Hall–Kier alpha value is -2.05. The fraction of sp³-hybridized carbons (Fsp3) is 0.583. The predicted octanol–water partition coefficient (Wildman–Crippen LogP) is 0.0447. The summed E-state index contributed by atoms with van der Waals surface area (Å²) in [6.45, 7) is 1.49. The van der Waals surface area contributed by atoms with E-state index in [0.29, 0.717) is 5.92 Å². The highest BCUT2D eigenvalue weighted by molar-refractivity contribution is 5.83. The SMILES string of the molecule is CNC(=O)NCC(=O)N1CCC(c2cnc[nH]2)CC1. The number of piperidine rings is 1. The monoisotopic (exact) mass is 265 g/mol. The van der Waals surface area contributed by atoms with Crippen molar-refractivity contribution >= 4 is 11.9 Å². The molecule has 1 aliphatic heterocycles. The van der Waals surface area contributed by atoms with Gasteiger partial charge in [-0.1, -0.05) is 0 Å². The average molecular weight is 265 g/mol. The summed E-state index contributed by atoms with van der Waals surface area (Å²) < 4.78 is 0. The van der Waals surface area contributed by atoms with E-state index in [1.807, 2.05) is 6.20 Å². The molecule has 2 rings (SSSR count). The van der Waals surface area contributed by atoms with Gasteiger partial charge >= 0.3 is 6.03 Å². The maximum atomic E-state index is 11.9. The van der Waals surface area contributed by atoms with Crippen LogP contribution in [0.3, 0.4) is 0 Å². The van der Waals surface area contributed by atoms with Gasteiger partial charge in [0.1, 0.15) is 0 Å². The van der Waals surface area contributed by atoms with Gasteiger partial charge in [-0.3, -0.25) is 4.79 Å². The summed E-state index contributed by atoms with van der Waals surface area (Å²) in [5.74, 6) is 0.408. The van der Waals surface area contributed by atoms with Crippen LogP contribution in [0.2, 0.25) is 0 Å². The number of H-pyrrole nitrogens is 1. The zero-order valence-electron chi connectivity index (χ0n) is 11.0. The van der Waals surface area contributed by atoms with Crippen LogP contribution >= 0.6 is 0 Å². The molecule has 0 aliphatic carbocycles. The third kappa shape index (κ3) is 3.46. The number of likely N-dealkylation sites (tertiary alicyclic amines) is 1. The Morgan fingerprint density at radius 1 is 1.47 bits per heavy atom. The number of nitrogens with one attached hydrogen (secondary N) is 3. The Labute approximate surface area is 111 Å². The van der Waals surface area contributed by atoms with Crippen LogP contribution in [0.5, 0.6) is 0 Å². The zero-order valence-corrected chi connectivity index (χ0v) is 11.0. The molecule has 0 bridgehead atoms. The Balaban J connectivity index is 1.76. The Morgan fingerprint density at radius 2 is 2.21 bits per heavy atom. The summed E-state index contributed by atoms with van der Waals surface area (Å²) in [6, 6.07) is -0.333. The highest BCUT2D eigenvalue weighted by Crippen LogP contribution is 2.25. The molecule has 2 heterocycles. The normalized spacial score (nSPS) is 16.2. The van der Waals surface area contributed by atoms with Gasteiger partial charge < -0.3 is 20.5 Å². The first-order chi connectivity index (χ1) is 9.20. The van der Waals surface area contributed by atoms with Gasteiger partial charge in [-0.2, -0.15) is 0 Å². The van der Waals surface area contributed by atoms with Gasteiger partial charge in [0.05, 0.1) is 12.9 Å². The standard InChI is InChI=1S/C12H19N5O2/c1-13-12(19)15-7-11(18)17-4-2-9(3-5-17)10-6-14-8-16-10/h6,8-9H,2-5,7H2,1H3,(H,14,16)(H2,13,15,19). The largest absolute Gasteiger partial charge is 0.348 e. The van der Waals surface area contributed by atoms with Crippen LogP contribution in [0.25, 0.3) is 0 Å². The minimum Gasteiger partial charge on any atom is -0.348 e. The number of urea groups is 1. The van der Waals surface area contributed by atoms with Crippen molar-refractivity contribution in [3.63, 3.8) is 0 Å². The molecule has 0 spiro atoms.